The van der Waals surface area contributed by atoms with Crippen LogP contribution in [0.1, 0.15) is 39.0 Å². The minimum Gasteiger partial charge on any atom is -0.481 e. The van der Waals surface area contributed by atoms with Gasteiger partial charge in [-0.3, -0.25) is 29.0 Å². The van der Waals surface area contributed by atoms with Crippen molar-refractivity contribution in [2.75, 3.05) is 78.5 Å². The molecule has 1 saturated heterocycles. The number of carbonyl (C=O) groups excluding carboxylic acids is 2. The highest BCUT2D eigenvalue weighted by molar-refractivity contribution is 5.87. The number of amides is 2. The maximum atomic E-state index is 12.7. The number of hydrogen-bond donors (Lipinski definition) is 7. The summed E-state index contributed by atoms with van der Waals surface area (Å²) in [6.45, 7) is 6.52. The number of likely N-dealkylation sites (N-methyl/N-ethyl adjacent to an activating group) is 1. The molecule has 0 saturated carbocycles. The number of carboxylic acid groups (broad SMARTS) is 5. The lowest BCUT2D eigenvalue weighted by Crippen LogP contribution is -2.51. The van der Waals surface area contributed by atoms with Crippen LogP contribution in [0.4, 0.5) is 4.79 Å². The van der Waals surface area contributed by atoms with Crippen molar-refractivity contribution in [2.24, 2.45) is 0 Å². The molecule has 0 spiro atoms. The van der Waals surface area contributed by atoms with E-state index < -0.39 is 60.8 Å². The molecular formula is C27H46N6O12. The van der Waals surface area contributed by atoms with Crippen LogP contribution in [0, 0.1) is 0 Å². The van der Waals surface area contributed by atoms with Crippen molar-refractivity contribution in [2.45, 2.75) is 51.1 Å². The molecule has 0 aromatic rings. The van der Waals surface area contributed by atoms with Crippen LogP contribution in [-0.2, 0) is 28.8 Å². The van der Waals surface area contributed by atoms with Gasteiger partial charge in [-0.2, -0.15) is 0 Å². The molecule has 1 fully saturated rings. The minimum atomic E-state index is -1.55. The third-order valence-electron chi connectivity index (χ3n) is 7.37. The van der Waals surface area contributed by atoms with Gasteiger partial charge in [0.25, 0.3) is 0 Å². The monoisotopic (exact) mass is 646 g/mol. The number of aliphatic carboxylic acids is 5. The van der Waals surface area contributed by atoms with Crippen LogP contribution in [-0.4, -0.2) is 177 Å². The number of ketones is 1. The maximum Gasteiger partial charge on any atom is 0.326 e. The Labute approximate surface area is 260 Å². The van der Waals surface area contributed by atoms with E-state index in [1.54, 1.807) is 9.80 Å². The summed E-state index contributed by atoms with van der Waals surface area (Å²) in [5, 5.41) is 50.2. The molecule has 1 aliphatic rings. The topological polar surface area (TPSA) is 258 Å². The van der Waals surface area contributed by atoms with E-state index in [-0.39, 0.29) is 38.1 Å². The molecule has 18 heteroatoms. The lowest BCUT2D eigenvalue weighted by Gasteiger charge is -2.33. The number of urea groups is 1. The third kappa shape index (κ3) is 17.9. The Balaban J connectivity index is 2.75. The molecule has 0 bridgehead atoms. The van der Waals surface area contributed by atoms with Gasteiger partial charge in [0.1, 0.15) is 17.9 Å². The molecule has 0 aliphatic carbocycles. The van der Waals surface area contributed by atoms with Gasteiger partial charge in [-0.25, -0.2) is 14.4 Å². The van der Waals surface area contributed by atoms with E-state index in [0.29, 0.717) is 58.9 Å². The molecule has 0 aromatic heterocycles. The van der Waals surface area contributed by atoms with Crippen LogP contribution in [0.5, 0.6) is 0 Å². The number of nitrogens with zero attached hydrogens (tertiary/aromatic N) is 4. The zero-order chi connectivity index (χ0) is 33.9. The van der Waals surface area contributed by atoms with Crippen molar-refractivity contribution in [1.29, 1.82) is 0 Å². The second-order valence-electron chi connectivity index (χ2n) is 10.8. The average Bonchev–Trinajstić information content (AvgIpc) is 2.94. The molecular weight excluding hydrogens is 600 g/mol. The van der Waals surface area contributed by atoms with Crippen molar-refractivity contribution in [1.82, 2.24) is 30.2 Å². The highest BCUT2D eigenvalue weighted by Gasteiger charge is 2.26. The van der Waals surface area contributed by atoms with Gasteiger partial charge < -0.3 is 46.0 Å². The van der Waals surface area contributed by atoms with E-state index >= 15 is 0 Å². The SMILES string of the molecule is CCN1CCN(CCC(=O)CC[C@H](NC(=O)N[C@@H](CCC(=O)O)C(=O)O)C(=O)O)CCN(CC(=O)O)CCN(CC(=O)O)CC1. The van der Waals surface area contributed by atoms with E-state index in [9.17, 15) is 54.0 Å². The zero-order valence-electron chi connectivity index (χ0n) is 25.6. The Kier molecular flexibility index (Phi) is 18.2. The number of hydrogen-bond acceptors (Lipinski definition) is 11. The number of rotatable bonds is 18. The average molecular weight is 647 g/mol. The quantitative estimate of drug-likeness (QED) is 0.0867. The molecule has 0 radical (unpaired) electrons. The van der Waals surface area contributed by atoms with Gasteiger partial charge in [0.15, 0.2) is 0 Å². The Bertz CT molecular complexity index is 1030. The van der Waals surface area contributed by atoms with Gasteiger partial charge in [-0.1, -0.05) is 6.92 Å². The Morgan fingerprint density at radius 2 is 0.956 bits per heavy atom. The van der Waals surface area contributed by atoms with Crippen LogP contribution in [0.25, 0.3) is 0 Å². The lowest BCUT2D eigenvalue weighted by molar-refractivity contribution is -0.141. The van der Waals surface area contributed by atoms with Crippen LogP contribution >= 0.6 is 0 Å². The summed E-state index contributed by atoms with van der Waals surface area (Å²) in [5.74, 6) is -6.41. The van der Waals surface area contributed by atoms with Crippen LogP contribution in [0.15, 0.2) is 0 Å². The second-order valence-corrected chi connectivity index (χ2v) is 10.8. The minimum absolute atomic E-state index is 0.0757. The van der Waals surface area contributed by atoms with Crippen LogP contribution < -0.4 is 10.6 Å². The van der Waals surface area contributed by atoms with E-state index in [1.807, 2.05) is 17.1 Å². The van der Waals surface area contributed by atoms with Gasteiger partial charge in [-0.15, -0.1) is 0 Å². The van der Waals surface area contributed by atoms with Gasteiger partial charge >= 0.3 is 35.9 Å². The predicted molar refractivity (Wildman–Crippen MR) is 157 cm³/mol. The molecule has 1 aliphatic heterocycles. The molecule has 7 N–H and O–H groups in total. The van der Waals surface area contributed by atoms with Gasteiger partial charge in [0, 0.05) is 78.2 Å². The summed E-state index contributed by atoms with van der Waals surface area (Å²) in [5.41, 5.74) is 0. The maximum absolute atomic E-state index is 12.7. The fourth-order valence-electron chi connectivity index (χ4n) is 4.67. The normalized spacial score (nSPS) is 17.6. The second kappa shape index (κ2) is 21.0. The summed E-state index contributed by atoms with van der Waals surface area (Å²) in [7, 11) is 0. The number of carbonyl (C=O) groups is 7. The van der Waals surface area contributed by atoms with Crippen LogP contribution in [0.2, 0.25) is 0 Å². The van der Waals surface area contributed by atoms with Crippen molar-refractivity contribution in [3.8, 4) is 0 Å². The molecule has 1 heterocycles. The number of nitrogens with one attached hydrogen (secondary N) is 2. The molecule has 1 rings (SSSR count). The Morgan fingerprint density at radius 3 is 1.33 bits per heavy atom. The van der Waals surface area contributed by atoms with Crippen molar-refractivity contribution in [3.63, 3.8) is 0 Å². The molecule has 0 aromatic carbocycles. The van der Waals surface area contributed by atoms with Crippen molar-refractivity contribution < 1.29 is 59.1 Å². The summed E-state index contributed by atoms with van der Waals surface area (Å²) >= 11 is 0. The van der Waals surface area contributed by atoms with Gasteiger partial charge in [0.2, 0.25) is 0 Å². The van der Waals surface area contributed by atoms with Crippen LogP contribution in [0.3, 0.4) is 0 Å². The number of carboxylic acids is 5. The molecule has 0 unspecified atom stereocenters. The molecule has 18 nitrogen and oxygen atoms in total. The van der Waals surface area contributed by atoms with E-state index in [1.165, 1.54) is 0 Å². The summed E-state index contributed by atoms with van der Waals surface area (Å²) < 4.78 is 0. The Hall–Kier alpha value is -3.87. The van der Waals surface area contributed by atoms with Gasteiger partial charge in [-0.05, 0) is 19.4 Å². The first-order valence-electron chi connectivity index (χ1n) is 14.8. The first-order chi connectivity index (χ1) is 21.2. The van der Waals surface area contributed by atoms with Gasteiger partial charge in [0.05, 0.1) is 13.1 Å². The zero-order valence-corrected chi connectivity index (χ0v) is 25.6. The fourth-order valence-corrected chi connectivity index (χ4v) is 4.67. The molecule has 256 valence electrons. The largest absolute Gasteiger partial charge is 0.481 e. The van der Waals surface area contributed by atoms with E-state index in [0.717, 1.165) is 6.54 Å². The summed E-state index contributed by atoms with van der Waals surface area (Å²) in [6.07, 6.45) is -1.29. The highest BCUT2D eigenvalue weighted by Crippen LogP contribution is 2.06. The Morgan fingerprint density at radius 1 is 0.556 bits per heavy atom. The number of Topliss-reactive ketones (excluding diaryl/α,β-unsaturated/α-hetero) is 1. The molecule has 45 heavy (non-hydrogen) atoms. The predicted octanol–water partition coefficient (Wildman–Crippen LogP) is -1.79. The third-order valence-corrected chi connectivity index (χ3v) is 7.37. The van der Waals surface area contributed by atoms with Crippen molar-refractivity contribution in [3.05, 3.63) is 0 Å². The smallest absolute Gasteiger partial charge is 0.326 e. The fraction of sp³-hybridized carbons (Fsp3) is 0.741. The first kappa shape index (κ1) is 39.2. The summed E-state index contributed by atoms with van der Waals surface area (Å²) in [4.78, 5) is 89.0. The van der Waals surface area contributed by atoms with E-state index in [4.69, 9.17) is 5.11 Å². The highest BCUT2D eigenvalue weighted by atomic mass is 16.4. The summed E-state index contributed by atoms with van der Waals surface area (Å²) in [6, 6.07) is -4.16. The first-order valence-corrected chi connectivity index (χ1v) is 14.8. The molecule has 2 atom stereocenters. The van der Waals surface area contributed by atoms with Crippen molar-refractivity contribution >= 4 is 41.7 Å². The molecule has 2 amide bonds. The van der Waals surface area contributed by atoms with E-state index in [2.05, 4.69) is 10.2 Å². The standard InChI is InChI=1S/C27H46N6O12/c1-2-30-9-11-31(12-14-33(18-24(39)40)16-15-32(13-10-30)17-23(37)38)8-7-19(34)3-4-20(25(41)42)28-27(45)29-21(26(43)44)5-6-22(35)36/h20-21H,2-18H2,1H3,(H,35,36)(H,37,38)(H,39,40)(H,41,42)(H,43,44)(H2,28,29,45)/t20-,21-/m0/s1. The lowest BCUT2D eigenvalue weighted by atomic mass is 10.1.